The SMILES string of the molecule is C[Si](C)(C)OC1CCCC1=C1CCCC1. The van der Waals surface area contributed by atoms with Crippen molar-refractivity contribution in [3.8, 4) is 0 Å². The van der Waals surface area contributed by atoms with Crippen LogP contribution in [0.3, 0.4) is 0 Å². The lowest BCUT2D eigenvalue weighted by atomic mass is 10.0. The van der Waals surface area contributed by atoms with Gasteiger partial charge in [-0.25, -0.2) is 0 Å². The van der Waals surface area contributed by atoms with Gasteiger partial charge in [-0.3, -0.25) is 0 Å². The summed E-state index contributed by atoms with van der Waals surface area (Å²) in [5.41, 5.74) is 3.46. The predicted octanol–water partition coefficient (Wildman–Crippen LogP) is 4.26. The van der Waals surface area contributed by atoms with E-state index in [9.17, 15) is 0 Å². The van der Waals surface area contributed by atoms with Crippen molar-refractivity contribution in [2.45, 2.75) is 70.7 Å². The van der Waals surface area contributed by atoms with Crippen LogP contribution in [0.1, 0.15) is 44.9 Å². The Labute approximate surface area is 95.0 Å². The number of hydrogen-bond donors (Lipinski definition) is 0. The van der Waals surface area contributed by atoms with Crippen LogP contribution in [0.2, 0.25) is 19.6 Å². The summed E-state index contributed by atoms with van der Waals surface area (Å²) in [5, 5.41) is 0. The molecule has 0 amide bonds. The molecule has 86 valence electrons. The molecule has 0 aliphatic heterocycles. The lowest BCUT2D eigenvalue weighted by Gasteiger charge is -2.25. The van der Waals surface area contributed by atoms with E-state index in [0.29, 0.717) is 6.10 Å². The molecule has 0 aromatic heterocycles. The molecule has 2 heteroatoms. The number of allylic oxidation sites excluding steroid dienone is 1. The second-order valence-electron chi connectivity index (χ2n) is 5.95. The third kappa shape index (κ3) is 2.94. The minimum absolute atomic E-state index is 0.504. The molecule has 0 saturated heterocycles. The van der Waals surface area contributed by atoms with E-state index in [1.165, 1.54) is 44.9 Å². The molecule has 2 rings (SSSR count). The lowest BCUT2D eigenvalue weighted by molar-refractivity contribution is 0.235. The molecule has 0 aromatic carbocycles. The average molecular weight is 224 g/mol. The van der Waals surface area contributed by atoms with Crippen molar-refractivity contribution in [3.05, 3.63) is 11.1 Å². The van der Waals surface area contributed by atoms with Crippen molar-refractivity contribution in [2.24, 2.45) is 0 Å². The molecule has 15 heavy (non-hydrogen) atoms. The molecule has 0 spiro atoms. The second kappa shape index (κ2) is 4.42. The largest absolute Gasteiger partial charge is 0.411 e. The van der Waals surface area contributed by atoms with Gasteiger partial charge in [0.2, 0.25) is 0 Å². The van der Waals surface area contributed by atoms with Crippen molar-refractivity contribution in [1.82, 2.24) is 0 Å². The molecule has 1 nitrogen and oxygen atoms in total. The Morgan fingerprint density at radius 3 is 2.27 bits per heavy atom. The van der Waals surface area contributed by atoms with E-state index >= 15 is 0 Å². The van der Waals surface area contributed by atoms with E-state index in [2.05, 4.69) is 19.6 Å². The normalized spacial score (nSPS) is 27.8. The van der Waals surface area contributed by atoms with E-state index in [1.54, 1.807) is 11.1 Å². The molecule has 0 N–H and O–H groups in total. The fraction of sp³-hybridized carbons (Fsp3) is 0.846. The third-order valence-corrected chi connectivity index (χ3v) is 4.45. The van der Waals surface area contributed by atoms with Gasteiger partial charge in [0, 0.05) is 0 Å². The quantitative estimate of drug-likeness (QED) is 0.503. The summed E-state index contributed by atoms with van der Waals surface area (Å²) in [6.07, 6.45) is 10.0. The van der Waals surface area contributed by atoms with E-state index in [-0.39, 0.29) is 0 Å². The van der Waals surface area contributed by atoms with Gasteiger partial charge in [0.1, 0.15) is 0 Å². The molecule has 2 fully saturated rings. The Morgan fingerprint density at radius 2 is 1.67 bits per heavy atom. The number of hydrogen-bond acceptors (Lipinski definition) is 1. The van der Waals surface area contributed by atoms with Gasteiger partial charge in [0.05, 0.1) is 6.10 Å². The van der Waals surface area contributed by atoms with Crippen molar-refractivity contribution in [2.75, 3.05) is 0 Å². The molecule has 2 aliphatic rings. The van der Waals surface area contributed by atoms with Gasteiger partial charge >= 0.3 is 0 Å². The summed E-state index contributed by atoms with van der Waals surface area (Å²) >= 11 is 0. The first-order valence-corrected chi connectivity index (χ1v) is 9.86. The van der Waals surface area contributed by atoms with E-state index < -0.39 is 8.32 Å². The van der Waals surface area contributed by atoms with Gasteiger partial charge in [-0.05, 0) is 70.2 Å². The van der Waals surface area contributed by atoms with Crippen molar-refractivity contribution in [1.29, 1.82) is 0 Å². The molecule has 2 aliphatic carbocycles. The van der Waals surface area contributed by atoms with Crippen LogP contribution in [0.4, 0.5) is 0 Å². The van der Waals surface area contributed by atoms with Crippen LogP contribution >= 0.6 is 0 Å². The van der Waals surface area contributed by atoms with Crippen molar-refractivity contribution in [3.63, 3.8) is 0 Å². The zero-order valence-electron chi connectivity index (χ0n) is 10.4. The summed E-state index contributed by atoms with van der Waals surface area (Å²) in [4.78, 5) is 0. The first kappa shape index (κ1) is 11.4. The molecule has 1 unspecified atom stereocenters. The highest BCUT2D eigenvalue weighted by molar-refractivity contribution is 6.69. The molecule has 0 heterocycles. The molecule has 0 aromatic rings. The van der Waals surface area contributed by atoms with Crippen molar-refractivity contribution < 1.29 is 4.43 Å². The van der Waals surface area contributed by atoms with Crippen LogP contribution in [0.5, 0.6) is 0 Å². The van der Waals surface area contributed by atoms with Gasteiger partial charge in [-0.2, -0.15) is 0 Å². The zero-order valence-corrected chi connectivity index (χ0v) is 11.4. The molecule has 0 bridgehead atoms. The monoisotopic (exact) mass is 224 g/mol. The molecule has 1 atom stereocenters. The predicted molar refractivity (Wildman–Crippen MR) is 67.6 cm³/mol. The Morgan fingerprint density at radius 1 is 1.00 bits per heavy atom. The summed E-state index contributed by atoms with van der Waals surface area (Å²) in [7, 11) is -1.35. The van der Waals surface area contributed by atoms with Crippen LogP contribution in [0.15, 0.2) is 11.1 Å². The van der Waals surface area contributed by atoms with Crippen molar-refractivity contribution >= 4 is 8.32 Å². The number of rotatable bonds is 2. The molecular weight excluding hydrogens is 200 g/mol. The van der Waals surface area contributed by atoms with E-state index in [1.807, 2.05) is 0 Å². The van der Waals surface area contributed by atoms with Crippen LogP contribution < -0.4 is 0 Å². The summed E-state index contributed by atoms with van der Waals surface area (Å²) in [5.74, 6) is 0. The summed E-state index contributed by atoms with van der Waals surface area (Å²) in [6, 6.07) is 0. The highest BCUT2D eigenvalue weighted by atomic mass is 28.4. The minimum Gasteiger partial charge on any atom is -0.411 e. The summed E-state index contributed by atoms with van der Waals surface area (Å²) in [6.45, 7) is 6.92. The molecule has 0 radical (unpaired) electrons. The van der Waals surface area contributed by atoms with Crippen LogP contribution in [0, 0.1) is 0 Å². The maximum absolute atomic E-state index is 6.30. The Balaban J connectivity index is 2.08. The maximum Gasteiger partial charge on any atom is 0.184 e. The van der Waals surface area contributed by atoms with E-state index in [0.717, 1.165) is 0 Å². The van der Waals surface area contributed by atoms with E-state index in [4.69, 9.17) is 4.43 Å². The lowest BCUT2D eigenvalue weighted by Crippen LogP contribution is -2.31. The fourth-order valence-electron chi connectivity index (χ4n) is 2.90. The van der Waals surface area contributed by atoms with Gasteiger partial charge in [-0.1, -0.05) is 5.57 Å². The first-order chi connectivity index (χ1) is 7.06. The average Bonchev–Trinajstić information content (AvgIpc) is 2.68. The highest BCUT2D eigenvalue weighted by Crippen LogP contribution is 2.37. The van der Waals surface area contributed by atoms with Gasteiger partial charge < -0.3 is 4.43 Å². The third-order valence-electron chi connectivity index (χ3n) is 3.46. The van der Waals surface area contributed by atoms with Crippen LogP contribution in [-0.2, 0) is 4.43 Å². The fourth-order valence-corrected chi connectivity index (χ4v) is 4.01. The topological polar surface area (TPSA) is 9.23 Å². The first-order valence-electron chi connectivity index (χ1n) is 6.45. The Hall–Kier alpha value is -0.0831. The summed E-state index contributed by atoms with van der Waals surface area (Å²) < 4.78 is 6.30. The van der Waals surface area contributed by atoms with Gasteiger partial charge in [0.15, 0.2) is 8.32 Å². The van der Waals surface area contributed by atoms with Crippen LogP contribution in [-0.4, -0.2) is 14.4 Å². The molecular formula is C13H24OSi. The minimum atomic E-state index is -1.35. The Kier molecular flexibility index (Phi) is 3.36. The Bertz CT molecular complexity index is 254. The standard InChI is InChI=1S/C13H24OSi/c1-15(2,3)14-13-10-6-9-12(13)11-7-4-5-8-11/h13H,4-10H2,1-3H3. The van der Waals surface area contributed by atoms with Crippen LogP contribution in [0.25, 0.3) is 0 Å². The highest BCUT2D eigenvalue weighted by Gasteiger charge is 2.29. The second-order valence-corrected chi connectivity index (χ2v) is 10.4. The van der Waals surface area contributed by atoms with Gasteiger partial charge in [0.25, 0.3) is 0 Å². The smallest absolute Gasteiger partial charge is 0.184 e. The molecule has 2 saturated carbocycles. The van der Waals surface area contributed by atoms with Gasteiger partial charge in [-0.15, -0.1) is 0 Å². The zero-order chi connectivity index (χ0) is 10.9. The maximum atomic E-state index is 6.30.